The molecule has 0 aliphatic heterocycles. The number of benzene rings is 7. The minimum atomic E-state index is 0.529. The van der Waals surface area contributed by atoms with Crippen LogP contribution < -0.4 is 0 Å². The van der Waals surface area contributed by atoms with Crippen LogP contribution in [0, 0.1) is 0 Å². The van der Waals surface area contributed by atoms with Crippen LogP contribution in [0.2, 0.25) is 0 Å². The lowest BCUT2D eigenvalue weighted by atomic mass is 9.98. The lowest BCUT2D eigenvalue weighted by Crippen LogP contribution is -2.02. The van der Waals surface area contributed by atoms with Crippen molar-refractivity contribution in [1.82, 2.24) is 29.1 Å². The van der Waals surface area contributed by atoms with E-state index in [-0.39, 0.29) is 0 Å². The average molecular weight is 795 g/mol. The molecule has 1 aliphatic rings. The van der Waals surface area contributed by atoms with E-state index in [0.29, 0.717) is 23.2 Å². The van der Waals surface area contributed by atoms with Crippen LogP contribution in [0.25, 0.3) is 107 Å². The largest absolute Gasteiger partial charge is 0.313 e. The summed E-state index contributed by atoms with van der Waals surface area (Å²) in [6, 6.07) is 66.3. The van der Waals surface area contributed by atoms with E-state index in [9.17, 15) is 0 Å². The van der Waals surface area contributed by atoms with Crippen molar-refractivity contribution in [3.8, 4) is 67.9 Å². The number of hydrogen-bond donors (Lipinski definition) is 0. The third kappa shape index (κ3) is 6.11. The van der Waals surface area contributed by atoms with Crippen molar-refractivity contribution in [3.05, 3.63) is 212 Å². The van der Waals surface area contributed by atoms with Gasteiger partial charge in [0.05, 0.1) is 16.6 Å². The third-order valence-electron chi connectivity index (χ3n) is 12.1. The van der Waals surface area contributed by atoms with Crippen LogP contribution in [0.3, 0.4) is 0 Å². The zero-order valence-electron chi connectivity index (χ0n) is 33.7. The minimum absolute atomic E-state index is 0.529. The lowest BCUT2D eigenvalue weighted by molar-refractivity contribution is 0.888. The van der Waals surface area contributed by atoms with Crippen LogP contribution in [0.1, 0.15) is 17.7 Å². The van der Waals surface area contributed by atoms with Gasteiger partial charge < -0.3 is 9.13 Å². The normalized spacial score (nSPS) is 12.3. The molecule has 4 aromatic heterocycles. The van der Waals surface area contributed by atoms with Gasteiger partial charge in [-0.1, -0.05) is 133 Å². The summed E-state index contributed by atoms with van der Waals surface area (Å²) in [5.74, 6) is 1.75. The van der Waals surface area contributed by atoms with Gasteiger partial charge in [0.25, 0.3) is 0 Å². The Morgan fingerprint density at radius 1 is 0.387 bits per heavy atom. The number of allylic oxidation sites excluding steroid dienone is 1. The quantitative estimate of drug-likeness (QED) is 0.161. The second kappa shape index (κ2) is 14.8. The van der Waals surface area contributed by atoms with Crippen molar-refractivity contribution in [2.45, 2.75) is 12.8 Å². The predicted molar refractivity (Wildman–Crippen MR) is 253 cm³/mol. The Balaban J connectivity index is 0.941. The number of pyridine rings is 1. The van der Waals surface area contributed by atoms with Gasteiger partial charge in [-0.05, 0) is 102 Å². The van der Waals surface area contributed by atoms with Gasteiger partial charge in [0, 0.05) is 56.1 Å². The molecular weight excluding hydrogens is 757 g/mol. The number of aromatic nitrogens is 6. The van der Waals surface area contributed by atoms with Crippen molar-refractivity contribution in [2.75, 3.05) is 0 Å². The SMILES string of the molecule is C1=Cc2c(n(-c3ccccc3)c3ccc(-c4cccc(-n5c6ccccc6c6cc(-c7ccnc(-c8nc(-c9ccccc9)nc(-c9ccccc9)n8)c7)ccc65)c4)cc23)CC1. The highest BCUT2D eigenvalue weighted by Gasteiger charge is 2.20. The molecule has 0 unspecified atom stereocenters. The Kier molecular flexibility index (Phi) is 8.52. The third-order valence-corrected chi connectivity index (χ3v) is 12.1. The molecule has 0 fully saturated rings. The summed E-state index contributed by atoms with van der Waals surface area (Å²) in [6.45, 7) is 0. The first-order chi connectivity index (χ1) is 30.7. The van der Waals surface area contributed by atoms with Crippen LogP contribution in [-0.2, 0) is 6.42 Å². The molecule has 0 bridgehead atoms. The molecule has 11 aromatic rings. The molecule has 6 nitrogen and oxygen atoms in total. The fourth-order valence-electron chi connectivity index (χ4n) is 9.18. The predicted octanol–water partition coefficient (Wildman–Crippen LogP) is 13.6. The van der Waals surface area contributed by atoms with Crippen LogP contribution in [-0.4, -0.2) is 29.1 Å². The average Bonchev–Trinajstić information content (AvgIpc) is 3.87. The first kappa shape index (κ1) is 35.7. The van der Waals surface area contributed by atoms with E-state index in [1.54, 1.807) is 0 Å². The standard InChI is InChI=1S/C56H38N6/c1-4-15-37(16-5-1)54-58-55(38-17-6-2-7-18-38)60-56(59-54)49-36-42(31-32-57-49)41-28-30-53-48(35-41)46-24-11-13-26-51(46)62(53)44-22-14-19-39(33-44)40-27-29-52-47(34-40)45-23-10-12-25-50(45)61(52)43-20-8-3-9-21-43/h1-11,13-24,26-36H,12,25H2. The molecule has 0 spiro atoms. The summed E-state index contributed by atoms with van der Waals surface area (Å²) in [4.78, 5) is 19.6. The van der Waals surface area contributed by atoms with E-state index in [4.69, 9.17) is 19.9 Å². The molecule has 12 rings (SSSR count). The van der Waals surface area contributed by atoms with Gasteiger partial charge in [0.1, 0.15) is 5.69 Å². The fraction of sp³-hybridized carbons (Fsp3) is 0.0357. The van der Waals surface area contributed by atoms with Crippen LogP contribution in [0.5, 0.6) is 0 Å². The zero-order chi connectivity index (χ0) is 41.0. The minimum Gasteiger partial charge on any atom is -0.313 e. The maximum atomic E-state index is 4.95. The molecule has 62 heavy (non-hydrogen) atoms. The Morgan fingerprint density at radius 2 is 0.952 bits per heavy atom. The first-order valence-electron chi connectivity index (χ1n) is 21.1. The molecule has 0 saturated heterocycles. The van der Waals surface area contributed by atoms with Crippen molar-refractivity contribution in [3.63, 3.8) is 0 Å². The molecule has 6 heteroatoms. The molecule has 292 valence electrons. The molecule has 0 N–H and O–H groups in total. The van der Waals surface area contributed by atoms with Crippen molar-refractivity contribution in [1.29, 1.82) is 0 Å². The molecule has 0 saturated carbocycles. The molecule has 1 aliphatic carbocycles. The summed E-state index contributed by atoms with van der Waals surface area (Å²) in [5.41, 5.74) is 15.6. The van der Waals surface area contributed by atoms with Gasteiger partial charge in [-0.25, -0.2) is 15.0 Å². The second-order valence-electron chi connectivity index (χ2n) is 15.8. The van der Waals surface area contributed by atoms with Crippen LogP contribution >= 0.6 is 0 Å². The van der Waals surface area contributed by atoms with Gasteiger partial charge >= 0.3 is 0 Å². The van der Waals surface area contributed by atoms with Crippen molar-refractivity contribution in [2.24, 2.45) is 0 Å². The Morgan fingerprint density at radius 3 is 1.69 bits per heavy atom. The van der Waals surface area contributed by atoms with E-state index in [2.05, 4.69) is 149 Å². The van der Waals surface area contributed by atoms with Crippen LogP contribution in [0.15, 0.2) is 200 Å². The summed E-state index contributed by atoms with van der Waals surface area (Å²) >= 11 is 0. The first-order valence-corrected chi connectivity index (χ1v) is 21.1. The number of para-hydroxylation sites is 2. The maximum Gasteiger partial charge on any atom is 0.182 e. The Bertz CT molecular complexity index is 3450. The molecule has 0 atom stereocenters. The highest BCUT2D eigenvalue weighted by Crippen LogP contribution is 2.39. The van der Waals surface area contributed by atoms with Gasteiger partial charge in [-0.3, -0.25) is 4.98 Å². The highest BCUT2D eigenvalue weighted by atomic mass is 15.0. The van der Waals surface area contributed by atoms with E-state index in [0.717, 1.165) is 51.8 Å². The van der Waals surface area contributed by atoms with Crippen molar-refractivity contribution < 1.29 is 0 Å². The summed E-state index contributed by atoms with van der Waals surface area (Å²) in [6.07, 6.45) is 8.56. The highest BCUT2D eigenvalue weighted by molar-refractivity contribution is 6.10. The molecule has 0 radical (unpaired) electrons. The van der Waals surface area contributed by atoms with Crippen LogP contribution in [0.4, 0.5) is 0 Å². The van der Waals surface area contributed by atoms with E-state index in [1.165, 1.54) is 49.7 Å². The van der Waals surface area contributed by atoms with Gasteiger partial charge in [-0.2, -0.15) is 0 Å². The second-order valence-corrected chi connectivity index (χ2v) is 15.8. The molecule has 7 aromatic carbocycles. The Labute approximate surface area is 358 Å². The lowest BCUT2D eigenvalue weighted by Gasteiger charge is -2.13. The number of hydrogen-bond acceptors (Lipinski definition) is 4. The van der Waals surface area contributed by atoms with Gasteiger partial charge in [-0.15, -0.1) is 0 Å². The smallest absolute Gasteiger partial charge is 0.182 e. The molecule has 4 heterocycles. The molecule has 0 amide bonds. The maximum absolute atomic E-state index is 4.95. The van der Waals surface area contributed by atoms with Crippen molar-refractivity contribution >= 4 is 38.8 Å². The number of rotatable bonds is 7. The van der Waals surface area contributed by atoms with Gasteiger partial charge in [0.2, 0.25) is 0 Å². The molecular formula is C56H38N6. The van der Waals surface area contributed by atoms with Gasteiger partial charge in [0.15, 0.2) is 17.5 Å². The fourth-order valence-corrected chi connectivity index (χ4v) is 9.18. The van der Waals surface area contributed by atoms with E-state index >= 15 is 0 Å². The van der Waals surface area contributed by atoms with E-state index < -0.39 is 0 Å². The summed E-state index contributed by atoms with van der Waals surface area (Å²) in [7, 11) is 0. The Hall–Kier alpha value is -8.22. The van der Waals surface area contributed by atoms with E-state index in [1.807, 2.05) is 66.9 Å². The monoisotopic (exact) mass is 794 g/mol. The summed E-state index contributed by atoms with van der Waals surface area (Å²) in [5, 5.41) is 3.67. The summed E-state index contributed by atoms with van der Waals surface area (Å²) < 4.78 is 4.84. The number of nitrogens with zero attached hydrogens (tertiary/aromatic N) is 6. The topological polar surface area (TPSA) is 61.4 Å². The number of fused-ring (bicyclic) bond motifs is 6. The zero-order valence-corrected chi connectivity index (χ0v) is 33.7.